The number of thiophene rings is 1. The van der Waals surface area contributed by atoms with E-state index in [0.717, 1.165) is 29.7 Å². The van der Waals surface area contributed by atoms with Crippen molar-refractivity contribution in [2.75, 3.05) is 0 Å². The molecule has 0 atom stereocenters. The summed E-state index contributed by atoms with van der Waals surface area (Å²) in [6, 6.07) is 14.2. The number of aryl methyl sites for hydroxylation is 1. The molecular weight excluding hydrogens is 504 g/mol. The Hall–Kier alpha value is -2.36. The van der Waals surface area contributed by atoms with Gasteiger partial charge >= 0.3 is 20.2 Å². The lowest BCUT2D eigenvalue weighted by Gasteiger charge is -2.10. The molecule has 6 nitrogen and oxygen atoms in total. The lowest BCUT2D eigenvalue weighted by Crippen LogP contribution is -2.12. The minimum absolute atomic E-state index is 0.000223. The summed E-state index contributed by atoms with van der Waals surface area (Å²) in [7, 11) is -8.27. The Labute approximate surface area is 213 Å². The fourth-order valence-electron chi connectivity index (χ4n) is 3.60. The van der Waals surface area contributed by atoms with Crippen LogP contribution in [0.2, 0.25) is 0 Å². The van der Waals surface area contributed by atoms with Crippen molar-refractivity contribution in [1.29, 1.82) is 0 Å². The molecule has 0 bridgehead atoms. The van der Waals surface area contributed by atoms with Gasteiger partial charge in [-0.25, -0.2) is 0 Å². The molecule has 3 aromatic rings. The zero-order valence-electron chi connectivity index (χ0n) is 19.9. The van der Waals surface area contributed by atoms with Crippen molar-refractivity contribution in [3.05, 3.63) is 70.9 Å². The van der Waals surface area contributed by atoms with Crippen molar-refractivity contribution in [1.82, 2.24) is 0 Å². The molecule has 2 aromatic carbocycles. The second kappa shape index (κ2) is 13.1. The molecule has 0 aliphatic carbocycles. The summed E-state index contributed by atoms with van der Waals surface area (Å²) in [4.78, 5) is -0.0349. The van der Waals surface area contributed by atoms with Gasteiger partial charge in [0, 0.05) is 10.8 Å². The van der Waals surface area contributed by atoms with E-state index in [1.54, 1.807) is 30.3 Å². The fourth-order valence-corrected chi connectivity index (χ4v) is 6.25. The molecule has 0 aliphatic heterocycles. The monoisotopic (exact) mass is 536 g/mol. The molecule has 190 valence electrons. The Kier molecular flexibility index (Phi) is 10.2. The third-order valence-corrected chi connectivity index (χ3v) is 8.75. The molecule has 3 rings (SSSR count). The smallest absolute Gasteiger partial charge is 0.339 e. The largest absolute Gasteiger partial charge is 0.374 e. The standard InChI is InChI=1S/C26H32O6S3/c1-2-3-4-5-6-7-8-10-13-22-16-18-24(19-17-22)35(29,30)32-26-21-33-20-25(26)31-34(27,28)23-14-11-9-12-15-23/h9,11-12,14-21H,2-8,10,13H2,1H3. The fraction of sp³-hybridized carbons (Fsp3) is 0.385. The van der Waals surface area contributed by atoms with Crippen molar-refractivity contribution in [2.45, 2.75) is 74.5 Å². The third kappa shape index (κ3) is 8.37. The molecular formula is C26H32O6S3. The highest BCUT2D eigenvalue weighted by Crippen LogP contribution is 2.35. The van der Waals surface area contributed by atoms with Crippen LogP contribution >= 0.6 is 11.3 Å². The zero-order chi connectivity index (χ0) is 25.2. The van der Waals surface area contributed by atoms with E-state index in [9.17, 15) is 16.8 Å². The molecule has 0 saturated heterocycles. The van der Waals surface area contributed by atoms with E-state index in [4.69, 9.17) is 8.37 Å². The molecule has 0 amide bonds. The molecule has 0 aliphatic rings. The van der Waals surface area contributed by atoms with Crippen LogP contribution in [0, 0.1) is 0 Å². The molecule has 35 heavy (non-hydrogen) atoms. The highest BCUT2D eigenvalue weighted by Gasteiger charge is 2.24. The summed E-state index contributed by atoms with van der Waals surface area (Å²) in [6.07, 6.45) is 10.8. The normalized spacial score (nSPS) is 11.9. The highest BCUT2D eigenvalue weighted by atomic mass is 32.2. The lowest BCUT2D eigenvalue weighted by molar-refractivity contribution is 0.451. The van der Waals surface area contributed by atoms with Gasteiger partial charge in [0.2, 0.25) is 0 Å². The zero-order valence-corrected chi connectivity index (χ0v) is 22.3. The van der Waals surface area contributed by atoms with Gasteiger partial charge in [-0.1, -0.05) is 82.2 Å². The minimum atomic E-state index is -4.15. The van der Waals surface area contributed by atoms with Gasteiger partial charge in [0.15, 0.2) is 11.5 Å². The molecule has 0 radical (unpaired) electrons. The number of benzene rings is 2. The summed E-state index contributed by atoms with van der Waals surface area (Å²) in [6.45, 7) is 2.22. The summed E-state index contributed by atoms with van der Waals surface area (Å²) < 4.78 is 60.9. The van der Waals surface area contributed by atoms with Crippen molar-refractivity contribution in [2.24, 2.45) is 0 Å². The molecule has 0 spiro atoms. The summed E-state index contributed by atoms with van der Waals surface area (Å²) in [5.41, 5.74) is 1.07. The van der Waals surface area contributed by atoms with Crippen LogP contribution < -0.4 is 8.37 Å². The first-order valence-corrected chi connectivity index (χ1v) is 15.7. The number of hydrogen-bond acceptors (Lipinski definition) is 7. The van der Waals surface area contributed by atoms with Gasteiger partial charge in [0.05, 0.1) is 0 Å². The quantitative estimate of drug-likeness (QED) is 0.154. The number of rotatable bonds is 15. The summed E-state index contributed by atoms with van der Waals surface area (Å²) in [5.74, 6) is -0.341. The van der Waals surface area contributed by atoms with Crippen LogP contribution in [-0.4, -0.2) is 16.8 Å². The van der Waals surface area contributed by atoms with Crippen LogP contribution in [-0.2, 0) is 26.7 Å². The van der Waals surface area contributed by atoms with Gasteiger partial charge in [0.25, 0.3) is 0 Å². The molecule has 1 heterocycles. The third-order valence-electron chi connectivity index (χ3n) is 5.55. The Morgan fingerprint density at radius 1 is 0.629 bits per heavy atom. The summed E-state index contributed by atoms with van der Waals surface area (Å²) >= 11 is 1.08. The topological polar surface area (TPSA) is 86.7 Å². The SMILES string of the molecule is CCCCCCCCCCc1ccc(S(=O)(=O)Oc2cscc2OS(=O)(=O)c2ccccc2)cc1. The second-order valence-electron chi connectivity index (χ2n) is 8.36. The maximum atomic E-state index is 12.8. The van der Waals surface area contributed by atoms with Gasteiger partial charge in [-0.05, 0) is 42.7 Å². The predicted octanol–water partition coefficient (Wildman–Crippen LogP) is 6.97. The Balaban J connectivity index is 1.55. The van der Waals surface area contributed by atoms with Gasteiger partial charge in [-0.2, -0.15) is 16.8 Å². The van der Waals surface area contributed by atoms with Crippen molar-refractivity contribution >= 4 is 31.6 Å². The van der Waals surface area contributed by atoms with Crippen molar-refractivity contribution in [3.8, 4) is 11.5 Å². The van der Waals surface area contributed by atoms with E-state index >= 15 is 0 Å². The first kappa shape index (κ1) is 27.2. The Morgan fingerprint density at radius 3 is 1.66 bits per heavy atom. The maximum Gasteiger partial charge on any atom is 0.339 e. The van der Waals surface area contributed by atoms with Crippen LogP contribution in [0.4, 0.5) is 0 Å². The lowest BCUT2D eigenvalue weighted by atomic mass is 10.0. The van der Waals surface area contributed by atoms with E-state index in [0.29, 0.717) is 0 Å². The maximum absolute atomic E-state index is 12.8. The Morgan fingerprint density at radius 2 is 1.11 bits per heavy atom. The summed E-state index contributed by atoms with van der Waals surface area (Å²) in [5, 5.41) is 2.78. The van der Waals surface area contributed by atoms with E-state index < -0.39 is 20.2 Å². The molecule has 1 aromatic heterocycles. The first-order chi connectivity index (χ1) is 16.8. The highest BCUT2D eigenvalue weighted by molar-refractivity contribution is 7.87. The second-order valence-corrected chi connectivity index (χ2v) is 12.2. The van der Waals surface area contributed by atoms with Gasteiger partial charge < -0.3 is 8.37 Å². The molecule has 0 unspecified atom stereocenters. The molecule has 9 heteroatoms. The van der Waals surface area contributed by atoms with E-state index in [2.05, 4.69) is 6.92 Å². The van der Waals surface area contributed by atoms with Gasteiger partial charge in [0.1, 0.15) is 9.79 Å². The Bertz CT molecular complexity index is 1250. The van der Waals surface area contributed by atoms with Crippen LogP contribution in [0.3, 0.4) is 0 Å². The average Bonchev–Trinajstić information content (AvgIpc) is 3.26. The van der Waals surface area contributed by atoms with Crippen LogP contribution in [0.5, 0.6) is 11.5 Å². The van der Waals surface area contributed by atoms with Crippen LogP contribution in [0.25, 0.3) is 0 Å². The minimum Gasteiger partial charge on any atom is -0.374 e. The molecule has 0 fully saturated rings. The van der Waals surface area contributed by atoms with Crippen molar-refractivity contribution < 1.29 is 25.2 Å². The van der Waals surface area contributed by atoms with Crippen LogP contribution in [0.15, 0.2) is 75.1 Å². The molecule has 0 saturated carbocycles. The van der Waals surface area contributed by atoms with Gasteiger partial charge in [-0.15, -0.1) is 11.3 Å². The van der Waals surface area contributed by atoms with Crippen molar-refractivity contribution in [3.63, 3.8) is 0 Å². The average molecular weight is 537 g/mol. The van der Waals surface area contributed by atoms with E-state index in [-0.39, 0.29) is 21.3 Å². The van der Waals surface area contributed by atoms with Gasteiger partial charge in [-0.3, -0.25) is 0 Å². The number of hydrogen-bond donors (Lipinski definition) is 0. The van der Waals surface area contributed by atoms with E-state index in [1.165, 1.54) is 80.0 Å². The van der Waals surface area contributed by atoms with E-state index in [1.807, 2.05) is 0 Å². The first-order valence-electron chi connectivity index (χ1n) is 11.9. The van der Waals surface area contributed by atoms with Crippen LogP contribution in [0.1, 0.15) is 63.9 Å². The predicted molar refractivity (Wildman–Crippen MR) is 139 cm³/mol. The number of unbranched alkanes of at least 4 members (excludes halogenated alkanes) is 7. The molecule has 0 N–H and O–H groups in total.